The van der Waals surface area contributed by atoms with Crippen molar-refractivity contribution in [3.05, 3.63) is 33.9 Å². The average molecular weight is 276 g/mol. The Morgan fingerprint density at radius 3 is 2.65 bits per heavy atom. The summed E-state index contributed by atoms with van der Waals surface area (Å²) in [6, 6.07) is 5.71. The molecule has 3 N–H and O–H groups in total. The summed E-state index contributed by atoms with van der Waals surface area (Å²) in [5.74, 6) is -0.766. The van der Waals surface area contributed by atoms with E-state index in [1.54, 1.807) is 0 Å². The van der Waals surface area contributed by atoms with Crippen LogP contribution in [0.1, 0.15) is 19.4 Å². The highest BCUT2D eigenvalue weighted by atomic mass is 16.6. The zero-order valence-corrected chi connectivity index (χ0v) is 11.3. The molecule has 1 amide bonds. The fourth-order valence-corrected chi connectivity index (χ4v) is 1.77. The normalized spacial score (nSPS) is 11.8. The number of nitrogens with two attached hydrogens (primary N) is 1. The first-order chi connectivity index (χ1) is 9.40. The van der Waals surface area contributed by atoms with Crippen molar-refractivity contribution in [3.63, 3.8) is 0 Å². The molecular formula is C13H16N4O3. The van der Waals surface area contributed by atoms with Gasteiger partial charge >= 0.3 is 0 Å². The van der Waals surface area contributed by atoms with Gasteiger partial charge in [-0.2, -0.15) is 5.26 Å². The van der Waals surface area contributed by atoms with E-state index in [1.807, 2.05) is 19.9 Å². The third kappa shape index (κ3) is 3.52. The molecule has 0 aliphatic carbocycles. The summed E-state index contributed by atoms with van der Waals surface area (Å²) >= 11 is 0. The lowest BCUT2D eigenvalue weighted by molar-refractivity contribution is -0.384. The minimum atomic E-state index is -0.636. The Balaban J connectivity index is 3.06. The number of nitrogens with one attached hydrogen (secondary N) is 1. The number of nitriles is 1. The molecule has 1 aromatic rings. The predicted octanol–water partition coefficient (Wildman–Crippen LogP) is 1.64. The Morgan fingerprint density at radius 1 is 1.55 bits per heavy atom. The number of carbonyl (C=O) groups excluding carboxylic acids is 1. The molecule has 0 fully saturated rings. The van der Waals surface area contributed by atoms with Crippen molar-refractivity contribution in [1.82, 2.24) is 0 Å². The average Bonchev–Trinajstić information content (AvgIpc) is 2.39. The van der Waals surface area contributed by atoms with Gasteiger partial charge in [-0.3, -0.25) is 14.9 Å². The number of hydrogen-bond acceptors (Lipinski definition) is 5. The molecule has 0 saturated heterocycles. The zero-order valence-electron chi connectivity index (χ0n) is 11.3. The van der Waals surface area contributed by atoms with Crippen molar-refractivity contribution in [3.8, 4) is 6.07 Å². The molecule has 7 heteroatoms. The quantitative estimate of drug-likeness (QED) is 0.625. The van der Waals surface area contributed by atoms with E-state index in [4.69, 9.17) is 11.0 Å². The molecule has 20 heavy (non-hydrogen) atoms. The molecule has 0 bridgehead atoms. The van der Waals surface area contributed by atoms with Crippen molar-refractivity contribution >= 4 is 17.3 Å². The highest BCUT2D eigenvalue weighted by Crippen LogP contribution is 2.26. The fraction of sp³-hybridized carbons (Fsp3) is 0.385. The van der Waals surface area contributed by atoms with E-state index in [0.717, 1.165) is 6.07 Å². The first-order valence-electron chi connectivity index (χ1n) is 6.10. The van der Waals surface area contributed by atoms with Gasteiger partial charge in [0.2, 0.25) is 5.91 Å². The third-order valence-electron chi connectivity index (χ3n) is 2.98. The van der Waals surface area contributed by atoms with Crippen LogP contribution in [0.25, 0.3) is 0 Å². The fourth-order valence-electron chi connectivity index (χ4n) is 1.77. The van der Waals surface area contributed by atoms with Crippen molar-refractivity contribution in [1.29, 1.82) is 5.26 Å². The van der Waals surface area contributed by atoms with Crippen molar-refractivity contribution in [2.24, 2.45) is 17.6 Å². The van der Waals surface area contributed by atoms with Crippen LogP contribution >= 0.6 is 0 Å². The van der Waals surface area contributed by atoms with Crippen LogP contribution in [-0.4, -0.2) is 17.4 Å². The molecule has 7 nitrogen and oxygen atoms in total. The Labute approximate surface area is 116 Å². The van der Waals surface area contributed by atoms with Crippen molar-refractivity contribution < 1.29 is 9.72 Å². The maximum atomic E-state index is 12.0. The van der Waals surface area contributed by atoms with Gasteiger partial charge in [-0.15, -0.1) is 0 Å². The number of nitro benzene ring substituents is 1. The Hall–Kier alpha value is -2.46. The van der Waals surface area contributed by atoms with E-state index < -0.39 is 10.8 Å². The largest absolute Gasteiger partial charge is 0.330 e. The molecule has 0 saturated carbocycles. The zero-order chi connectivity index (χ0) is 15.3. The van der Waals surface area contributed by atoms with Crippen LogP contribution in [0.15, 0.2) is 18.2 Å². The number of carbonyl (C=O) groups is 1. The van der Waals surface area contributed by atoms with Gasteiger partial charge in [0.05, 0.1) is 22.5 Å². The van der Waals surface area contributed by atoms with E-state index in [0.29, 0.717) is 0 Å². The van der Waals surface area contributed by atoms with Crippen molar-refractivity contribution in [2.45, 2.75) is 13.8 Å². The van der Waals surface area contributed by atoms with Crippen LogP contribution in [0, 0.1) is 33.3 Å². The summed E-state index contributed by atoms with van der Waals surface area (Å²) in [7, 11) is 0. The first-order valence-corrected chi connectivity index (χ1v) is 6.10. The SMILES string of the molecule is CC(C)C(CN)C(=O)Nc1ccc(C#N)cc1[N+](=O)[O-]. The van der Waals surface area contributed by atoms with Gasteiger partial charge in [-0.25, -0.2) is 0 Å². The van der Waals surface area contributed by atoms with E-state index in [9.17, 15) is 14.9 Å². The smallest absolute Gasteiger partial charge is 0.294 e. The molecule has 1 aromatic carbocycles. The van der Waals surface area contributed by atoms with Gasteiger partial charge in [0.25, 0.3) is 5.69 Å². The maximum absolute atomic E-state index is 12.0. The monoisotopic (exact) mass is 276 g/mol. The van der Waals surface area contributed by atoms with Crippen LogP contribution in [0.3, 0.4) is 0 Å². The topological polar surface area (TPSA) is 122 Å². The minimum absolute atomic E-state index is 0.0254. The summed E-state index contributed by atoms with van der Waals surface area (Å²) in [6.07, 6.45) is 0. The molecule has 1 rings (SSSR count). The van der Waals surface area contributed by atoms with E-state index in [1.165, 1.54) is 12.1 Å². The number of nitrogens with zero attached hydrogens (tertiary/aromatic N) is 2. The van der Waals surface area contributed by atoms with E-state index in [2.05, 4.69) is 5.32 Å². The predicted molar refractivity (Wildman–Crippen MR) is 73.8 cm³/mol. The third-order valence-corrected chi connectivity index (χ3v) is 2.98. The number of benzene rings is 1. The van der Waals surface area contributed by atoms with Crippen LogP contribution in [-0.2, 0) is 4.79 Å². The Kier molecular flexibility index (Phi) is 5.17. The molecule has 0 aromatic heterocycles. The summed E-state index contributed by atoms with van der Waals surface area (Å²) < 4.78 is 0. The minimum Gasteiger partial charge on any atom is -0.330 e. The van der Waals surface area contributed by atoms with E-state index in [-0.39, 0.29) is 35.3 Å². The summed E-state index contributed by atoms with van der Waals surface area (Å²) in [5.41, 5.74) is 5.45. The second kappa shape index (κ2) is 6.63. The van der Waals surface area contributed by atoms with Crippen LogP contribution < -0.4 is 11.1 Å². The number of hydrogen-bond donors (Lipinski definition) is 2. The Bertz CT molecular complexity index is 563. The molecule has 0 aliphatic heterocycles. The number of rotatable bonds is 5. The molecule has 106 valence electrons. The maximum Gasteiger partial charge on any atom is 0.294 e. The Morgan fingerprint density at radius 2 is 2.20 bits per heavy atom. The number of anilines is 1. The lowest BCUT2D eigenvalue weighted by Gasteiger charge is -2.18. The standard InChI is InChI=1S/C13H16N4O3/c1-8(2)10(7-15)13(18)16-11-4-3-9(6-14)5-12(11)17(19)20/h3-5,8,10H,7,15H2,1-2H3,(H,16,18). The van der Waals surface area contributed by atoms with Gasteiger partial charge in [0.15, 0.2) is 0 Å². The lowest BCUT2D eigenvalue weighted by atomic mass is 9.95. The number of amides is 1. The number of nitro groups is 1. The molecule has 1 unspecified atom stereocenters. The van der Waals surface area contributed by atoms with Crippen LogP contribution in [0.5, 0.6) is 0 Å². The van der Waals surface area contributed by atoms with E-state index >= 15 is 0 Å². The molecule has 0 heterocycles. The van der Waals surface area contributed by atoms with Gasteiger partial charge in [-0.05, 0) is 18.1 Å². The highest BCUT2D eigenvalue weighted by Gasteiger charge is 2.23. The van der Waals surface area contributed by atoms with Gasteiger partial charge in [-0.1, -0.05) is 13.8 Å². The van der Waals surface area contributed by atoms with Crippen molar-refractivity contribution in [2.75, 3.05) is 11.9 Å². The summed E-state index contributed by atoms with van der Waals surface area (Å²) in [5, 5.41) is 22.2. The second-order valence-electron chi connectivity index (χ2n) is 4.68. The molecule has 0 radical (unpaired) electrons. The molecule has 0 aliphatic rings. The molecular weight excluding hydrogens is 260 g/mol. The first kappa shape index (κ1) is 15.6. The van der Waals surface area contributed by atoms with Gasteiger partial charge in [0, 0.05) is 12.6 Å². The highest BCUT2D eigenvalue weighted by molar-refractivity contribution is 5.95. The van der Waals surface area contributed by atoms with Crippen LogP contribution in [0.4, 0.5) is 11.4 Å². The summed E-state index contributed by atoms with van der Waals surface area (Å²) in [4.78, 5) is 22.4. The van der Waals surface area contributed by atoms with Gasteiger partial charge in [0.1, 0.15) is 5.69 Å². The molecule has 1 atom stereocenters. The van der Waals surface area contributed by atoms with Gasteiger partial charge < -0.3 is 11.1 Å². The molecule has 0 spiro atoms. The second-order valence-corrected chi connectivity index (χ2v) is 4.68. The van der Waals surface area contributed by atoms with Crippen LogP contribution in [0.2, 0.25) is 0 Å². The summed E-state index contributed by atoms with van der Waals surface area (Å²) in [6.45, 7) is 3.86. The lowest BCUT2D eigenvalue weighted by Crippen LogP contribution is -2.33.